The van der Waals surface area contributed by atoms with Crippen molar-refractivity contribution in [3.05, 3.63) is 12.1 Å². The van der Waals surface area contributed by atoms with Gasteiger partial charge in [0.25, 0.3) is 0 Å². The minimum absolute atomic E-state index is 0.0138. The third-order valence-electron chi connectivity index (χ3n) is 3.21. The lowest BCUT2D eigenvalue weighted by Gasteiger charge is -2.17. The van der Waals surface area contributed by atoms with Crippen molar-refractivity contribution >= 4 is 34.3 Å². The summed E-state index contributed by atoms with van der Waals surface area (Å²) >= 11 is 0. The number of nitrogens with two attached hydrogens (primary N) is 2. The molecule has 1 aromatic carbocycles. The average molecular weight is 304 g/mol. The van der Waals surface area contributed by atoms with Crippen LogP contribution in [0.1, 0.15) is 13.8 Å². The molecular formula is C14H20N6O2. The number of aliphatic hydroxyl groups is 1. The first kappa shape index (κ1) is 15.8. The van der Waals surface area contributed by atoms with E-state index in [1.165, 1.54) is 12.1 Å². The van der Waals surface area contributed by atoms with Gasteiger partial charge in [0.05, 0.1) is 30.8 Å². The van der Waals surface area contributed by atoms with Crippen LogP contribution in [0.15, 0.2) is 22.2 Å². The number of hydrogen-bond acceptors (Lipinski definition) is 7. The summed E-state index contributed by atoms with van der Waals surface area (Å²) in [7, 11) is 1.50. The minimum atomic E-state index is -0.309. The van der Waals surface area contributed by atoms with E-state index in [9.17, 15) is 5.11 Å². The van der Waals surface area contributed by atoms with Gasteiger partial charge >= 0.3 is 0 Å². The summed E-state index contributed by atoms with van der Waals surface area (Å²) in [4.78, 5) is 4.37. The van der Waals surface area contributed by atoms with E-state index >= 15 is 0 Å². The van der Waals surface area contributed by atoms with Crippen LogP contribution in [0.3, 0.4) is 0 Å². The van der Waals surface area contributed by atoms with Crippen LogP contribution >= 0.6 is 0 Å². The first-order valence-electron chi connectivity index (χ1n) is 6.77. The van der Waals surface area contributed by atoms with Crippen molar-refractivity contribution < 1.29 is 9.84 Å². The molecule has 0 atom stereocenters. The van der Waals surface area contributed by atoms with Crippen LogP contribution in [0, 0.1) is 5.41 Å². The standard InChI is InChI=1S/C14H20N6O2/c1-7(2)20-14(17)13(11(6-21)19-20)18-10-5-12(22-3)9(16)4-8(10)15/h4-5,7,17,21H,6,15-16H2,1-3H3. The van der Waals surface area contributed by atoms with E-state index in [-0.39, 0.29) is 24.2 Å². The number of rotatable bonds is 4. The topological polar surface area (TPSA) is 133 Å². The van der Waals surface area contributed by atoms with E-state index in [4.69, 9.17) is 21.6 Å². The van der Waals surface area contributed by atoms with E-state index < -0.39 is 0 Å². The molecule has 8 nitrogen and oxygen atoms in total. The van der Waals surface area contributed by atoms with E-state index in [1.807, 2.05) is 13.8 Å². The molecule has 1 aliphatic rings. The predicted octanol–water partition coefficient (Wildman–Crippen LogP) is 0.982. The summed E-state index contributed by atoms with van der Waals surface area (Å²) in [5, 5.41) is 23.3. The first-order chi connectivity index (χ1) is 10.4. The Kier molecular flexibility index (Phi) is 4.32. The molecule has 0 aromatic heterocycles. The maximum atomic E-state index is 9.44. The number of nitrogen functional groups attached to an aromatic ring is 2. The van der Waals surface area contributed by atoms with Crippen LogP contribution in [0.4, 0.5) is 17.1 Å². The molecule has 0 unspecified atom stereocenters. The molecule has 1 heterocycles. The lowest BCUT2D eigenvalue weighted by molar-refractivity contribution is 0.347. The van der Waals surface area contributed by atoms with Gasteiger partial charge in [-0.05, 0) is 19.9 Å². The molecule has 22 heavy (non-hydrogen) atoms. The van der Waals surface area contributed by atoms with Crippen molar-refractivity contribution in [2.24, 2.45) is 10.1 Å². The molecule has 0 fully saturated rings. The van der Waals surface area contributed by atoms with Crippen LogP contribution in [0.5, 0.6) is 5.75 Å². The number of ether oxygens (including phenoxy) is 1. The Labute approximate surface area is 128 Å². The third-order valence-corrected chi connectivity index (χ3v) is 3.21. The SMILES string of the molecule is COc1cc(N=C2C(=N)N(C(C)C)N=C2CO)c(N)cc1N. The Morgan fingerprint density at radius 1 is 1.36 bits per heavy atom. The van der Waals surface area contributed by atoms with Crippen LogP contribution in [-0.4, -0.2) is 47.1 Å². The highest BCUT2D eigenvalue weighted by Crippen LogP contribution is 2.33. The normalized spacial score (nSPS) is 16.6. The maximum absolute atomic E-state index is 9.44. The lowest BCUT2D eigenvalue weighted by Crippen LogP contribution is -2.32. The highest BCUT2D eigenvalue weighted by molar-refractivity contribution is 6.70. The second kappa shape index (κ2) is 6.02. The largest absolute Gasteiger partial charge is 0.495 e. The summed E-state index contributed by atoms with van der Waals surface area (Å²) in [6, 6.07) is 3.13. The maximum Gasteiger partial charge on any atom is 0.169 e. The van der Waals surface area contributed by atoms with Gasteiger partial charge in [0.15, 0.2) is 5.84 Å². The molecule has 0 saturated carbocycles. The summed E-state index contributed by atoms with van der Waals surface area (Å²) in [5.41, 5.74) is 13.5. The van der Waals surface area contributed by atoms with Crippen molar-refractivity contribution in [2.45, 2.75) is 19.9 Å². The molecule has 1 aliphatic heterocycles. The molecule has 1 aromatic rings. The van der Waals surface area contributed by atoms with Gasteiger partial charge in [-0.2, -0.15) is 5.10 Å². The van der Waals surface area contributed by atoms with Gasteiger partial charge in [-0.3, -0.25) is 5.41 Å². The van der Waals surface area contributed by atoms with Crippen molar-refractivity contribution in [2.75, 3.05) is 25.2 Å². The predicted molar refractivity (Wildman–Crippen MR) is 88.1 cm³/mol. The Morgan fingerprint density at radius 3 is 2.59 bits per heavy atom. The first-order valence-corrected chi connectivity index (χ1v) is 6.77. The quantitative estimate of drug-likeness (QED) is 0.615. The number of benzene rings is 1. The summed E-state index contributed by atoms with van der Waals surface area (Å²) in [5.74, 6) is 0.565. The summed E-state index contributed by atoms with van der Waals surface area (Å²) < 4.78 is 5.15. The zero-order valence-electron chi connectivity index (χ0n) is 12.8. The van der Waals surface area contributed by atoms with Gasteiger partial charge < -0.3 is 21.3 Å². The summed E-state index contributed by atoms with van der Waals surface area (Å²) in [6.45, 7) is 3.49. The van der Waals surface area contributed by atoms with Crippen molar-refractivity contribution in [3.8, 4) is 5.75 Å². The van der Waals surface area contributed by atoms with Gasteiger partial charge in [0.1, 0.15) is 17.2 Å². The fraction of sp³-hybridized carbons (Fsp3) is 0.357. The number of nitrogens with one attached hydrogen (secondary N) is 1. The number of nitrogens with zero attached hydrogens (tertiary/aromatic N) is 3. The van der Waals surface area contributed by atoms with E-state index in [1.54, 1.807) is 12.1 Å². The molecule has 2 rings (SSSR count). The fourth-order valence-electron chi connectivity index (χ4n) is 2.07. The van der Waals surface area contributed by atoms with Gasteiger partial charge in [-0.25, -0.2) is 10.0 Å². The molecule has 8 heteroatoms. The highest BCUT2D eigenvalue weighted by atomic mass is 16.5. The number of hydrazone groups is 1. The second-order valence-electron chi connectivity index (χ2n) is 5.11. The number of aliphatic imine (C=N–C) groups is 1. The van der Waals surface area contributed by atoms with Gasteiger partial charge in [0, 0.05) is 12.1 Å². The van der Waals surface area contributed by atoms with Crippen LogP contribution < -0.4 is 16.2 Å². The van der Waals surface area contributed by atoms with Gasteiger partial charge in [0.2, 0.25) is 0 Å². The molecule has 0 amide bonds. The van der Waals surface area contributed by atoms with E-state index in [0.717, 1.165) is 0 Å². The number of amidine groups is 1. The van der Waals surface area contributed by atoms with Crippen molar-refractivity contribution in [1.82, 2.24) is 5.01 Å². The van der Waals surface area contributed by atoms with Crippen LogP contribution in [-0.2, 0) is 0 Å². The lowest BCUT2D eigenvalue weighted by atomic mass is 10.2. The van der Waals surface area contributed by atoms with Crippen LogP contribution in [0.2, 0.25) is 0 Å². The zero-order valence-corrected chi connectivity index (χ0v) is 12.8. The Hall–Kier alpha value is -2.61. The molecular weight excluding hydrogens is 284 g/mol. The molecule has 0 radical (unpaired) electrons. The number of methoxy groups -OCH3 is 1. The Morgan fingerprint density at radius 2 is 2.05 bits per heavy atom. The van der Waals surface area contributed by atoms with Crippen molar-refractivity contribution in [1.29, 1.82) is 5.41 Å². The fourth-order valence-corrected chi connectivity index (χ4v) is 2.07. The summed E-state index contributed by atoms with van der Waals surface area (Å²) in [6.07, 6.45) is 0. The molecule has 0 bridgehead atoms. The Bertz CT molecular complexity index is 666. The minimum Gasteiger partial charge on any atom is -0.495 e. The molecule has 0 aliphatic carbocycles. The zero-order chi connectivity index (χ0) is 16.4. The average Bonchev–Trinajstić information content (AvgIpc) is 2.78. The molecule has 118 valence electrons. The highest BCUT2D eigenvalue weighted by Gasteiger charge is 2.29. The number of aliphatic hydroxyl groups excluding tert-OH is 1. The smallest absolute Gasteiger partial charge is 0.169 e. The monoisotopic (exact) mass is 304 g/mol. The number of hydrogen-bond donors (Lipinski definition) is 4. The Balaban J connectivity index is 2.49. The number of anilines is 2. The van der Waals surface area contributed by atoms with Crippen LogP contribution in [0.25, 0.3) is 0 Å². The third kappa shape index (κ3) is 2.73. The van der Waals surface area contributed by atoms with E-state index in [0.29, 0.717) is 28.5 Å². The molecule has 0 spiro atoms. The van der Waals surface area contributed by atoms with Crippen molar-refractivity contribution in [3.63, 3.8) is 0 Å². The van der Waals surface area contributed by atoms with Gasteiger partial charge in [-0.1, -0.05) is 0 Å². The molecule has 0 saturated heterocycles. The second-order valence-corrected chi connectivity index (χ2v) is 5.11. The van der Waals surface area contributed by atoms with E-state index in [2.05, 4.69) is 10.1 Å². The van der Waals surface area contributed by atoms with Gasteiger partial charge in [-0.15, -0.1) is 0 Å². The molecule has 6 N–H and O–H groups in total.